The number of halogens is 1. The summed E-state index contributed by atoms with van der Waals surface area (Å²) in [7, 11) is -2.50. The Balaban J connectivity index is 1.60. The zero-order chi connectivity index (χ0) is 17.2. The molecule has 1 N–H and O–H groups in total. The number of sulfonamides is 1. The van der Waals surface area contributed by atoms with Crippen LogP contribution in [-0.4, -0.2) is 40.6 Å². The minimum atomic E-state index is -3.82. The van der Waals surface area contributed by atoms with Crippen LogP contribution in [0.4, 0.5) is 4.39 Å². The summed E-state index contributed by atoms with van der Waals surface area (Å²) in [5.41, 5.74) is 0. The Morgan fingerprint density at radius 1 is 1.33 bits per heavy atom. The Morgan fingerprint density at radius 3 is 2.75 bits per heavy atom. The SMILES string of the molecule is COc1ccc(S(=O)(=O)NC[C@@H]2COC3(CCCCC3)O2)cc1F. The zero-order valence-electron chi connectivity index (χ0n) is 13.6. The molecule has 1 aromatic rings. The molecule has 1 heterocycles. The van der Waals surface area contributed by atoms with Crippen LogP contribution >= 0.6 is 0 Å². The molecule has 2 aliphatic rings. The summed E-state index contributed by atoms with van der Waals surface area (Å²) in [6.07, 6.45) is 4.66. The van der Waals surface area contributed by atoms with Crippen LogP contribution in [0.1, 0.15) is 32.1 Å². The molecule has 1 aliphatic carbocycles. The van der Waals surface area contributed by atoms with Gasteiger partial charge in [-0.15, -0.1) is 0 Å². The van der Waals surface area contributed by atoms with Crippen molar-refractivity contribution in [3.8, 4) is 5.75 Å². The van der Waals surface area contributed by atoms with Gasteiger partial charge in [-0.25, -0.2) is 17.5 Å². The van der Waals surface area contributed by atoms with Gasteiger partial charge in [0.15, 0.2) is 17.4 Å². The highest BCUT2D eigenvalue weighted by Crippen LogP contribution is 2.37. The predicted octanol–water partition coefficient (Wildman–Crippen LogP) is 2.19. The Hall–Kier alpha value is -1.22. The number of rotatable bonds is 5. The molecular formula is C16H22FNO5S. The van der Waals surface area contributed by atoms with Crippen molar-refractivity contribution < 1.29 is 27.0 Å². The molecule has 1 aromatic carbocycles. The van der Waals surface area contributed by atoms with E-state index < -0.39 is 21.6 Å². The third-order valence-electron chi connectivity index (χ3n) is 4.46. The first-order valence-electron chi connectivity index (χ1n) is 8.09. The van der Waals surface area contributed by atoms with E-state index in [1.54, 1.807) is 0 Å². The maximum atomic E-state index is 13.7. The fourth-order valence-electron chi connectivity index (χ4n) is 3.17. The average molecular weight is 359 g/mol. The highest BCUT2D eigenvalue weighted by atomic mass is 32.2. The molecule has 0 amide bonds. The molecule has 24 heavy (non-hydrogen) atoms. The minimum absolute atomic E-state index is 0.000663. The van der Waals surface area contributed by atoms with Crippen molar-refractivity contribution in [3.63, 3.8) is 0 Å². The highest BCUT2D eigenvalue weighted by Gasteiger charge is 2.42. The molecule has 6 nitrogen and oxygen atoms in total. The van der Waals surface area contributed by atoms with E-state index in [2.05, 4.69) is 4.72 Å². The highest BCUT2D eigenvalue weighted by molar-refractivity contribution is 7.89. The fraction of sp³-hybridized carbons (Fsp3) is 0.625. The Kier molecular flexibility index (Phi) is 5.10. The number of methoxy groups -OCH3 is 1. The Bertz CT molecular complexity index is 688. The number of hydrogen-bond donors (Lipinski definition) is 1. The average Bonchev–Trinajstić information content (AvgIpc) is 2.96. The van der Waals surface area contributed by atoms with Gasteiger partial charge in [0.05, 0.1) is 24.7 Å². The number of nitrogens with one attached hydrogen (secondary N) is 1. The van der Waals surface area contributed by atoms with Gasteiger partial charge in [0.1, 0.15) is 0 Å². The van der Waals surface area contributed by atoms with Gasteiger partial charge >= 0.3 is 0 Å². The molecule has 134 valence electrons. The first-order valence-corrected chi connectivity index (χ1v) is 9.57. The second kappa shape index (κ2) is 6.95. The lowest BCUT2D eigenvalue weighted by atomic mass is 9.94. The van der Waals surface area contributed by atoms with Gasteiger partial charge in [-0.1, -0.05) is 6.42 Å². The molecular weight excluding hydrogens is 337 g/mol. The smallest absolute Gasteiger partial charge is 0.240 e. The second-order valence-electron chi connectivity index (χ2n) is 6.17. The zero-order valence-corrected chi connectivity index (χ0v) is 14.4. The van der Waals surface area contributed by atoms with Crippen LogP contribution in [0.15, 0.2) is 23.1 Å². The summed E-state index contributed by atoms with van der Waals surface area (Å²) in [4.78, 5) is -0.146. The van der Waals surface area contributed by atoms with Crippen LogP contribution in [0.25, 0.3) is 0 Å². The van der Waals surface area contributed by atoms with E-state index in [0.717, 1.165) is 31.7 Å². The molecule has 2 fully saturated rings. The van der Waals surface area contributed by atoms with Crippen LogP contribution in [-0.2, 0) is 19.5 Å². The molecule has 1 saturated heterocycles. The Labute approximate surface area is 141 Å². The molecule has 0 radical (unpaired) electrons. The quantitative estimate of drug-likeness (QED) is 0.872. The number of benzene rings is 1. The normalized spacial score (nSPS) is 23.5. The van der Waals surface area contributed by atoms with Crippen molar-refractivity contribution in [3.05, 3.63) is 24.0 Å². The number of ether oxygens (including phenoxy) is 3. The first-order chi connectivity index (χ1) is 11.4. The van der Waals surface area contributed by atoms with Crippen LogP contribution in [0.2, 0.25) is 0 Å². The third-order valence-corrected chi connectivity index (χ3v) is 5.88. The van der Waals surface area contributed by atoms with Crippen molar-refractivity contribution in [2.45, 2.75) is 48.9 Å². The van der Waals surface area contributed by atoms with E-state index in [0.29, 0.717) is 6.61 Å². The third kappa shape index (κ3) is 3.72. The maximum Gasteiger partial charge on any atom is 0.240 e. The van der Waals surface area contributed by atoms with E-state index in [-0.39, 0.29) is 23.3 Å². The van der Waals surface area contributed by atoms with Gasteiger partial charge in [-0.2, -0.15) is 0 Å². The van der Waals surface area contributed by atoms with Gasteiger partial charge in [-0.05, 0) is 31.0 Å². The fourth-order valence-corrected chi connectivity index (χ4v) is 4.25. The molecule has 1 saturated carbocycles. The lowest BCUT2D eigenvalue weighted by Crippen LogP contribution is -2.37. The largest absolute Gasteiger partial charge is 0.494 e. The maximum absolute atomic E-state index is 13.7. The molecule has 8 heteroatoms. The predicted molar refractivity (Wildman–Crippen MR) is 84.8 cm³/mol. The van der Waals surface area contributed by atoms with E-state index in [1.807, 2.05) is 0 Å². The Morgan fingerprint density at radius 2 is 2.08 bits per heavy atom. The van der Waals surface area contributed by atoms with Gasteiger partial charge in [0, 0.05) is 19.4 Å². The summed E-state index contributed by atoms with van der Waals surface area (Å²) in [5.74, 6) is -1.26. The van der Waals surface area contributed by atoms with Crippen molar-refractivity contribution in [2.75, 3.05) is 20.3 Å². The summed E-state index contributed by atoms with van der Waals surface area (Å²) in [6.45, 7) is 0.456. The molecule has 3 rings (SSSR count). The van der Waals surface area contributed by atoms with E-state index in [4.69, 9.17) is 14.2 Å². The lowest BCUT2D eigenvalue weighted by Gasteiger charge is -2.31. The molecule has 1 atom stereocenters. The van der Waals surface area contributed by atoms with Gasteiger partial charge in [-0.3, -0.25) is 0 Å². The monoisotopic (exact) mass is 359 g/mol. The van der Waals surface area contributed by atoms with Crippen LogP contribution < -0.4 is 9.46 Å². The second-order valence-corrected chi connectivity index (χ2v) is 7.94. The number of hydrogen-bond acceptors (Lipinski definition) is 5. The molecule has 1 aliphatic heterocycles. The van der Waals surface area contributed by atoms with E-state index >= 15 is 0 Å². The minimum Gasteiger partial charge on any atom is -0.494 e. The van der Waals surface area contributed by atoms with Crippen LogP contribution in [0.5, 0.6) is 5.75 Å². The standard InChI is InChI=1S/C16H22FNO5S/c1-21-15-6-5-13(9-14(15)17)24(19,20)18-10-12-11-22-16(23-12)7-3-2-4-8-16/h5-6,9,12,18H,2-4,7-8,10-11H2,1H3/t12-/m1/s1. The summed E-state index contributed by atoms with van der Waals surface area (Å²) in [5, 5.41) is 0. The topological polar surface area (TPSA) is 73.9 Å². The molecule has 0 aromatic heterocycles. The van der Waals surface area contributed by atoms with Gasteiger partial charge in [0.25, 0.3) is 0 Å². The van der Waals surface area contributed by atoms with Gasteiger partial charge < -0.3 is 14.2 Å². The van der Waals surface area contributed by atoms with Crippen molar-refractivity contribution in [1.82, 2.24) is 4.72 Å². The summed E-state index contributed by atoms with van der Waals surface area (Å²) < 4.78 is 57.3. The lowest BCUT2D eigenvalue weighted by molar-refractivity contribution is -0.186. The van der Waals surface area contributed by atoms with Crippen molar-refractivity contribution in [2.24, 2.45) is 0 Å². The first kappa shape index (κ1) is 17.6. The summed E-state index contributed by atoms with van der Waals surface area (Å²) >= 11 is 0. The molecule has 0 unspecified atom stereocenters. The van der Waals surface area contributed by atoms with Crippen molar-refractivity contribution in [1.29, 1.82) is 0 Å². The molecule has 0 bridgehead atoms. The van der Waals surface area contributed by atoms with Crippen molar-refractivity contribution >= 4 is 10.0 Å². The molecule has 1 spiro atoms. The van der Waals surface area contributed by atoms with Crippen LogP contribution in [0.3, 0.4) is 0 Å². The van der Waals surface area contributed by atoms with E-state index in [9.17, 15) is 12.8 Å². The summed E-state index contributed by atoms with van der Waals surface area (Å²) in [6, 6.07) is 3.53. The van der Waals surface area contributed by atoms with E-state index in [1.165, 1.54) is 25.7 Å². The van der Waals surface area contributed by atoms with Crippen LogP contribution in [0, 0.1) is 5.82 Å². The van der Waals surface area contributed by atoms with Gasteiger partial charge in [0.2, 0.25) is 10.0 Å².